The second kappa shape index (κ2) is 6.94. The molecule has 0 aliphatic heterocycles. The first kappa shape index (κ1) is 13.6. The Morgan fingerprint density at radius 1 is 1.18 bits per heavy atom. The normalized spacial score (nSPS) is 10.1. The first-order chi connectivity index (χ1) is 8.11. The van der Waals surface area contributed by atoms with Gasteiger partial charge < -0.3 is 9.47 Å². The lowest BCUT2D eigenvalue weighted by atomic mass is 10.1. The smallest absolute Gasteiger partial charge is 0.344 e. The van der Waals surface area contributed by atoms with E-state index in [1.165, 1.54) is 0 Å². The summed E-state index contributed by atoms with van der Waals surface area (Å²) in [6, 6.07) is 5.88. The minimum atomic E-state index is -0.308. The summed E-state index contributed by atoms with van der Waals surface area (Å²) in [6.45, 7) is 6.51. The fourth-order valence-corrected chi connectivity index (χ4v) is 1.53. The van der Waals surface area contributed by atoms with Crippen LogP contribution in [-0.2, 0) is 9.53 Å². The molecular weight excluding hydrogens is 216 g/mol. The average molecular weight is 236 g/mol. The fourth-order valence-electron chi connectivity index (χ4n) is 1.53. The second-order valence-corrected chi connectivity index (χ2v) is 4.19. The maximum Gasteiger partial charge on any atom is 0.344 e. The number of unbranched alkanes of at least 4 members (excludes halogenated alkanes) is 1. The lowest BCUT2D eigenvalue weighted by Gasteiger charge is -2.08. The van der Waals surface area contributed by atoms with Gasteiger partial charge in [0.15, 0.2) is 6.61 Å². The SMILES string of the molecule is CCCCOC(=O)COc1cc(C)cc(C)c1. The van der Waals surface area contributed by atoms with E-state index in [0.717, 1.165) is 29.7 Å². The molecule has 1 aromatic rings. The molecule has 0 atom stereocenters. The molecule has 1 aromatic carbocycles. The van der Waals surface area contributed by atoms with Crippen LogP contribution < -0.4 is 4.74 Å². The van der Waals surface area contributed by atoms with E-state index in [4.69, 9.17) is 9.47 Å². The molecule has 3 heteroatoms. The van der Waals surface area contributed by atoms with E-state index in [1.807, 2.05) is 26.0 Å². The molecule has 94 valence electrons. The van der Waals surface area contributed by atoms with Gasteiger partial charge in [-0.25, -0.2) is 4.79 Å². The van der Waals surface area contributed by atoms with Gasteiger partial charge in [-0.2, -0.15) is 0 Å². The van der Waals surface area contributed by atoms with Gasteiger partial charge in [0.05, 0.1) is 6.61 Å². The average Bonchev–Trinajstić information content (AvgIpc) is 2.25. The Labute approximate surface area is 103 Å². The van der Waals surface area contributed by atoms with Crippen LogP contribution in [0.25, 0.3) is 0 Å². The Kier molecular flexibility index (Phi) is 5.53. The van der Waals surface area contributed by atoms with Crippen molar-refractivity contribution in [1.82, 2.24) is 0 Å². The van der Waals surface area contributed by atoms with Crippen LogP contribution in [0.5, 0.6) is 5.75 Å². The molecule has 0 aromatic heterocycles. The maximum atomic E-state index is 11.3. The Balaban J connectivity index is 2.36. The van der Waals surface area contributed by atoms with Gasteiger partial charge in [0.2, 0.25) is 0 Å². The van der Waals surface area contributed by atoms with Crippen molar-refractivity contribution in [3.63, 3.8) is 0 Å². The number of hydrogen-bond donors (Lipinski definition) is 0. The molecule has 0 heterocycles. The van der Waals surface area contributed by atoms with Crippen molar-refractivity contribution in [2.75, 3.05) is 13.2 Å². The van der Waals surface area contributed by atoms with Crippen LogP contribution in [0.3, 0.4) is 0 Å². The van der Waals surface area contributed by atoms with E-state index in [1.54, 1.807) is 0 Å². The van der Waals surface area contributed by atoms with Gasteiger partial charge in [0.1, 0.15) is 5.75 Å². The van der Waals surface area contributed by atoms with Crippen LogP contribution in [-0.4, -0.2) is 19.2 Å². The highest BCUT2D eigenvalue weighted by molar-refractivity contribution is 5.71. The summed E-state index contributed by atoms with van der Waals surface area (Å²) < 4.78 is 10.4. The maximum absolute atomic E-state index is 11.3. The Hall–Kier alpha value is -1.51. The number of ether oxygens (including phenoxy) is 2. The standard InChI is InChI=1S/C14H20O3/c1-4-5-6-16-14(15)10-17-13-8-11(2)7-12(3)9-13/h7-9H,4-6,10H2,1-3H3. The summed E-state index contributed by atoms with van der Waals surface area (Å²) in [6.07, 6.45) is 1.92. The topological polar surface area (TPSA) is 35.5 Å². The van der Waals surface area contributed by atoms with Crippen LogP contribution in [0.15, 0.2) is 18.2 Å². The van der Waals surface area contributed by atoms with Crippen LogP contribution in [0.2, 0.25) is 0 Å². The van der Waals surface area contributed by atoms with Gasteiger partial charge in [-0.3, -0.25) is 0 Å². The zero-order valence-corrected chi connectivity index (χ0v) is 10.8. The van der Waals surface area contributed by atoms with E-state index in [9.17, 15) is 4.79 Å². The fraction of sp³-hybridized carbons (Fsp3) is 0.500. The predicted octanol–water partition coefficient (Wildman–Crippen LogP) is 3.03. The van der Waals surface area contributed by atoms with Gasteiger partial charge in [0, 0.05) is 0 Å². The number of hydrogen-bond acceptors (Lipinski definition) is 3. The van der Waals surface area contributed by atoms with E-state index < -0.39 is 0 Å². The molecule has 0 N–H and O–H groups in total. The minimum Gasteiger partial charge on any atom is -0.482 e. The van der Waals surface area contributed by atoms with Gasteiger partial charge in [-0.05, 0) is 43.5 Å². The third kappa shape index (κ3) is 5.38. The van der Waals surface area contributed by atoms with Crippen molar-refractivity contribution in [2.24, 2.45) is 0 Å². The zero-order chi connectivity index (χ0) is 12.7. The number of esters is 1. The van der Waals surface area contributed by atoms with E-state index in [0.29, 0.717) is 6.61 Å². The number of aryl methyl sites for hydroxylation is 2. The Bertz CT molecular complexity index is 351. The second-order valence-electron chi connectivity index (χ2n) is 4.19. The molecule has 0 fully saturated rings. The number of carbonyl (C=O) groups excluding carboxylic acids is 1. The number of carbonyl (C=O) groups is 1. The minimum absolute atomic E-state index is 0.0212. The van der Waals surface area contributed by atoms with Crippen molar-refractivity contribution in [1.29, 1.82) is 0 Å². The summed E-state index contributed by atoms with van der Waals surface area (Å²) in [5.74, 6) is 0.410. The van der Waals surface area contributed by atoms with Gasteiger partial charge in [-0.15, -0.1) is 0 Å². The first-order valence-corrected chi connectivity index (χ1v) is 5.98. The van der Waals surface area contributed by atoms with Crippen LogP contribution in [0.4, 0.5) is 0 Å². The molecule has 0 radical (unpaired) electrons. The highest BCUT2D eigenvalue weighted by Gasteiger charge is 2.04. The first-order valence-electron chi connectivity index (χ1n) is 5.98. The summed E-state index contributed by atoms with van der Waals surface area (Å²) in [4.78, 5) is 11.3. The molecule has 3 nitrogen and oxygen atoms in total. The van der Waals surface area contributed by atoms with E-state index >= 15 is 0 Å². The molecule has 0 bridgehead atoms. The van der Waals surface area contributed by atoms with Crippen molar-refractivity contribution in [3.8, 4) is 5.75 Å². The van der Waals surface area contributed by atoms with E-state index in [-0.39, 0.29) is 12.6 Å². The van der Waals surface area contributed by atoms with Crippen LogP contribution in [0.1, 0.15) is 30.9 Å². The monoisotopic (exact) mass is 236 g/mol. The number of rotatable bonds is 6. The van der Waals surface area contributed by atoms with Crippen molar-refractivity contribution in [2.45, 2.75) is 33.6 Å². The van der Waals surface area contributed by atoms with Crippen molar-refractivity contribution < 1.29 is 14.3 Å². The predicted molar refractivity (Wildman–Crippen MR) is 67.3 cm³/mol. The molecule has 0 aliphatic carbocycles. The third-order valence-electron chi connectivity index (χ3n) is 2.31. The summed E-state index contributed by atoms with van der Waals surface area (Å²) in [5, 5.41) is 0. The molecule has 0 saturated heterocycles. The zero-order valence-electron chi connectivity index (χ0n) is 10.8. The largest absolute Gasteiger partial charge is 0.482 e. The lowest BCUT2D eigenvalue weighted by Crippen LogP contribution is -2.15. The Morgan fingerprint density at radius 3 is 2.41 bits per heavy atom. The van der Waals surface area contributed by atoms with Gasteiger partial charge in [-0.1, -0.05) is 19.4 Å². The molecule has 17 heavy (non-hydrogen) atoms. The highest BCUT2D eigenvalue weighted by atomic mass is 16.6. The molecule has 1 rings (SSSR count). The van der Waals surface area contributed by atoms with Gasteiger partial charge >= 0.3 is 5.97 Å². The van der Waals surface area contributed by atoms with Crippen LogP contribution >= 0.6 is 0 Å². The molecule has 0 unspecified atom stereocenters. The molecular formula is C14H20O3. The molecule has 0 spiro atoms. The van der Waals surface area contributed by atoms with Gasteiger partial charge in [0.25, 0.3) is 0 Å². The third-order valence-corrected chi connectivity index (χ3v) is 2.31. The van der Waals surface area contributed by atoms with Crippen molar-refractivity contribution in [3.05, 3.63) is 29.3 Å². The molecule has 0 amide bonds. The summed E-state index contributed by atoms with van der Waals surface area (Å²) >= 11 is 0. The molecule has 0 saturated carbocycles. The quantitative estimate of drug-likeness (QED) is 0.562. The highest BCUT2D eigenvalue weighted by Crippen LogP contribution is 2.16. The lowest BCUT2D eigenvalue weighted by molar-refractivity contribution is -0.146. The van der Waals surface area contributed by atoms with E-state index in [2.05, 4.69) is 13.0 Å². The van der Waals surface area contributed by atoms with Crippen molar-refractivity contribution >= 4 is 5.97 Å². The molecule has 0 aliphatic rings. The summed E-state index contributed by atoms with van der Waals surface area (Å²) in [7, 11) is 0. The van der Waals surface area contributed by atoms with Crippen LogP contribution in [0, 0.1) is 13.8 Å². The number of benzene rings is 1. The Morgan fingerprint density at radius 2 is 1.82 bits per heavy atom. The summed E-state index contributed by atoms with van der Waals surface area (Å²) in [5.41, 5.74) is 2.25.